The fourth-order valence-corrected chi connectivity index (χ4v) is 6.28. The van der Waals surface area contributed by atoms with Gasteiger partial charge in [-0.1, -0.05) is 139 Å². The van der Waals surface area contributed by atoms with E-state index < -0.39 is 0 Å². The van der Waals surface area contributed by atoms with Crippen molar-refractivity contribution in [3.8, 4) is 34.2 Å². The van der Waals surface area contributed by atoms with Crippen molar-refractivity contribution in [1.29, 1.82) is 0 Å². The highest BCUT2D eigenvalue weighted by atomic mass is 15.0. The van der Waals surface area contributed by atoms with Crippen LogP contribution in [-0.2, 0) is 23.8 Å². The molecule has 4 nitrogen and oxygen atoms in total. The van der Waals surface area contributed by atoms with E-state index in [1.165, 1.54) is 38.5 Å². The van der Waals surface area contributed by atoms with Crippen LogP contribution in [0.3, 0.4) is 0 Å². The Labute approximate surface area is 278 Å². The molecule has 0 saturated carbocycles. The summed E-state index contributed by atoms with van der Waals surface area (Å²) in [6, 6.07) is 43.0. The zero-order valence-electron chi connectivity index (χ0n) is 28.3. The van der Waals surface area contributed by atoms with Gasteiger partial charge in [0, 0.05) is 45.0 Å². The maximum absolute atomic E-state index is 4.91. The molecule has 2 aromatic heterocycles. The van der Waals surface area contributed by atoms with E-state index in [-0.39, 0.29) is 10.8 Å². The van der Waals surface area contributed by atoms with Crippen LogP contribution in [0.4, 0.5) is 0 Å². The maximum Gasteiger partial charge on any atom is 0.164 e. The molecular formula is C43H42N4. The molecule has 0 atom stereocenters. The van der Waals surface area contributed by atoms with Crippen LogP contribution in [0, 0.1) is 0 Å². The highest BCUT2D eigenvalue weighted by molar-refractivity contribution is 6.08. The highest BCUT2D eigenvalue weighted by Crippen LogP contribution is 2.36. The van der Waals surface area contributed by atoms with Crippen LogP contribution in [0.25, 0.3) is 56.0 Å². The Kier molecular flexibility index (Phi) is 7.76. The van der Waals surface area contributed by atoms with Crippen molar-refractivity contribution in [2.45, 2.75) is 65.3 Å². The lowest BCUT2D eigenvalue weighted by Crippen LogP contribution is -2.10. The van der Waals surface area contributed by atoms with Crippen molar-refractivity contribution in [2.75, 3.05) is 0 Å². The van der Waals surface area contributed by atoms with Gasteiger partial charge < -0.3 is 4.57 Å². The van der Waals surface area contributed by atoms with E-state index >= 15 is 0 Å². The molecule has 234 valence electrons. The molecule has 0 bridgehead atoms. The quantitative estimate of drug-likeness (QED) is 0.187. The zero-order chi connectivity index (χ0) is 32.8. The molecule has 0 aliphatic heterocycles. The van der Waals surface area contributed by atoms with Gasteiger partial charge in [0.15, 0.2) is 17.5 Å². The van der Waals surface area contributed by atoms with E-state index in [0.717, 1.165) is 29.7 Å². The van der Waals surface area contributed by atoms with Crippen LogP contribution in [-0.4, -0.2) is 19.5 Å². The summed E-state index contributed by atoms with van der Waals surface area (Å²) in [6.07, 6.45) is 0.920. The highest BCUT2D eigenvalue weighted by Gasteiger charge is 2.20. The minimum Gasteiger partial charge on any atom is -0.340 e. The summed E-state index contributed by atoms with van der Waals surface area (Å²) in [5, 5.41) is 2.68. The minimum absolute atomic E-state index is 0.0915. The second-order valence-electron chi connectivity index (χ2n) is 14.6. The van der Waals surface area contributed by atoms with Crippen LogP contribution >= 0.6 is 0 Å². The summed E-state index contributed by atoms with van der Waals surface area (Å²) in [5.41, 5.74) is 9.71. The summed E-state index contributed by atoms with van der Waals surface area (Å²) in [5.74, 6) is 2.03. The smallest absolute Gasteiger partial charge is 0.164 e. The van der Waals surface area contributed by atoms with Gasteiger partial charge in [-0.2, -0.15) is 0 Å². The second kappa shape index (κ2) is 11.9. The first kappa shape index (κ1) is 30.6. The molecule has 0 amide bonds. The third kappa shape index (κ3) is 6.20. The Morgan fingerprint density at radius 2 is 0.872 bits per heavy atom. The molecule has 5 aromatic carbocycles. The number of fused-ring (bicyclic) bond motifs is 3. The van der Waals surface area contributed by atoms with Crippen molar-refractivity contribution in [3.05, 3.63) is 138 Å². The van der Waals surface area contributed by atoms with Gasteiger partial charge in [-0.05, 0) is 58.2 Å². The fraction of sp³-hybridized carbons (Fsp3) is 0.233. The van der Waals surface area contributed by atoms with E-state index in [9.17, 15) is 0 Å². The van der Waals surface area contributed by atoms with Crippen LogP contribution in [0.2, 0.25) is 0 Å². The summed E-state index contributed by atoms with van der Waals surface area (Å²) in [6.45, 7) is 14.6. The van der Waals surface area contributed by atoms with E-state index in [1.54, 1.807) is 0 Å². The van der Waals surface area contributed by atoms with Crippen LogP contribution in [0.15, 0.2) is 121 Å². The summed E-state index contributed by atoms with van der Waals surface area (Å²) in [7, 11) is 0. The zero-order valence-corrected chi connectivity index (χ0v) is 28.3. The van der Waals surface area contributed by atoms with Gasteiger partial charge in [0.2, 0.25) is 0 Å². The van der Waals surface area contributed by atoms with Gasteiger partial charge >= 0.3 is 0 Å². The molecule has 7 rings (SSSR count). The molecule has 0 N–H and O–H groups in total. The van der Waals surface area contributed by atoms with Crippen LogP contribution in [0.1, 0.15) is 58.2 Å². The van der Waals surface area contributed by atoms with E-state index in [0.29, 0.717) is 17.5 Å². The Bertz CT molecular complexity index is 2050. The number of hydrogen-bond donors (Lipinski definition) is 0. The third-order valence-electron chi connectivity index (χ3n) is 9.13. The molecule has 0 aliphatic carbocycles. The maximum atomic E-state index is 4.91. The van der Waals surface area contributed by atoms with Crippen molar-refractivity contribution < 1.29 is 0 Å². The van der Waals surface area contributed by atoms with E-state index in [1.807, 2.05) is 60.7 Å². The fourth-order valence-electron chi connectivity index (χ4n) is 6.28. The molecule has 47 heavy (non-hydrogen) atoms. The molecule has 0 fully saturated rings. The normalized spacial score (nSPS) is 12.2. The minimum atomic E-state index is 0.0915. The third-order valence-corrected chi connectivity index (χ3v) is 9.13. The largest absolute Gasteiger partial charge is 0.340 e. The number of nitrogens with zero attached hydrogens (tertiary/aromatic N) is 4. The molecule has 0 unspecified atom stereocenters. The molecule has 7 aromatic rings. The van der Waals surface area contributed by atoms with Gasteiger partial charge in [-0.25, -0.2) is 15.0 Å². The van der Waals surface area contributed by atoms with Crippen LogP contribution in [0.5, 0.6) is 0 Å². The topological polar surface area (TPSA) is 43.6 Å². The number of hydrogen-bond acceptors (Lipinski definition) is 3. The molecule has 0 saturated heterocycles. The monoisotopic (exact) mass is 614 g/mol. The summed E-state index contributed by atoms with van der Waals surface area (Å²) >= 11 is 0. The lowest BCUT2D eigenvalue weighted by Gasteiger charge is -2.19. The van der Waals surface area contributed by atoms with Crippen molar-refractivity contribution in [2.24, 2.45) is 0 Å². The first-order chi connectivity index (χ1) is 22.5. The van der Waals surface area contributed by atoms with Crippen molar-refractivity contribution in [3.63, 3.8) is 0 Å². The van der Waals surface area contributed by atoms with Crippen molar-refractivity contribution >= 4 is 21.8 Å². The van der Waals surface area contributed by atoms with Gasteiger partial charge in [-0.15, -0.1) is 0 Å². The average molecular weight is 615 g/mol. The Hall–Kier alpha value is -5.09. The first-order valence-electron chi connectivity index (χ1n) is 16.6. The standard InChI is InChI=1S/C43H42N4/c1-42(2,3)33-21-23-37-35(27-33)36-28-34(43(4,5)6)22-24-38(36)47(37)26-25-29-17-19-32(20-18-29)41-45-39(30-13-9-7-10-14-30)44-40(46-41)31-15-11-8-12-16-31/h7-24,27-28H,25-26H2,1-6H3. The predicted molar refractivity (Wildman–Crippen MR) is 197 cm³/mol. The predicted octanol–water partition coefficient (Wildman–Crippen LogP) is 10.8. The molecular weight excluding hydrogens is 573 g/mol. The lowest BCUT2D eigenvalue weighted by atomic mass is 9.85. The Morgan fingerprint density at radius 3 is 1.28 bits per heavy atom. The van der Waals surface area contributed by atoms with Gasteiger partial charge in [0.25, 0.3) is 0 Å². The van der Waals surface area contributed by atoms with Gasteiger partial charge in [-0.3, -0.25) is 0 Å². The lowest BCUT2D eigenvalue weighted by molar-refractivity contribution is 0.590. The van der Waals surface area contributed by atoms with Crippen molar-refractivity contribution in [1.82, 2.24) is 19.5 Å². The van der Waals surface area contributed by atoms with E-state index in [2.05, 4.69) is 107 Å². The molecule has 0 radical (unpaired) electrons. The summed E-state index contributed by atoms with van der Waals surface area (Å²) < 4.78 is 2.50. The number of rotatable bonds is 6. The number of aryl methyl sites for hydroxylation is 2. The SMILES string of the molecule is CC(C)(C)c1ccc2c(c1)c1cc(C(C)(C)C)ccc1n2CCc1ccc(-c2nc(-c3ccccc3)nc(-c3ccccc3)n2)cc1. The molecule has 4 heteroatoms. The number of aromatic nitrogens is 4. The Balaban J connectivity index is 1.22. The summed E-state index contributed by atoms with van der Waals surface area (Å²) in [4.78, 5) is 14.6. The van der Waals surface area contributed by atoms with Gasteiger partial charge in [0.05, 0.1) is 0 Å². The second-order valence-corrected chi connectivity index (χ2v) is 14.6. The number of benzene rings is 5. The van der Waals surface area contributed by atoms with E-state index in [4.69, 9.17) is 15.0 Å². The molecule has 0 aliphatic rings. The first-order valence-corrected chi connectivity index (χ1v) is 16.6. The molecule has 0 spiro atoms. The Morgan fingerprint density at radius 1 is 0.468 bits per heavy atom. The van der Waals surface area contributed by atoms with Gasteiger partial charge in [0.1, 0.15) is 0 Å². The molecule has 2 heterocycles. The average Bonchev–Trinajstić information content (AvgIpc) is 3.39. The van der Waals surface area contributed by atoms with Crippen LogP contribution < -0.4 is 0 Å².